The number of benzene rings is 1. The number of aliphatic hydroxyl groups excluding tert-OH is 1. The molecule has 1 nitrogen and oxygen atoms in total. The third kappa shape index (κ3) is 3.45. The summed E-state index contributed by atoms with van der Waals surface area (Å²) in [5.41, 5.74) is -0.113. The quantitative estimate of drug-likeness (QED) is 0.911. The molecule has 2 rings (SSSR count). The first-order valence-corrected chi connectivity index (χ1v) is 7.28. The highest BCUT2D eigenvalue weighted by molar-refractivity contribution is 8.00. The summed E-state index contributed by atoms with van der Waals surface area (Å²) >= 11 is 1.71. The molecule has 2 atom stereocenters. The second-order valence-electron chi connectivity index (χ2n) is 5.18. The van der Waals surface area contributed by atoms with Crippen molar-refractivity contribution in [2.45, 2.75) is 43.2 Å². The van der Waals surface area contributed by atoms with E-state index in [4.69, 9.17) is 0 Å². The van der Waals surface area contributed by atoms with Crippen LogP contribution >= 0.6 is 11.8 Å². The molecule has 5 heteroatoms. The largest absolute Gasteiger partial charge is 0.416 e. The van der Waals surface area contributed by atoms with Crippen LogP contribution in [0.1, 0.15) is 30.9 Å². The van der Waals surface area contributed by atoms with Crippen LogP contribution in [0.4, 0.5) is 13.2 Å². The topological polar surface area (TPSA) is 20.2 Å². The zero-order chi connectivity index (χ0) is 14.1. The number of hydrogen-bond acceptors (Lipinski definition) is 2. The van der Waals surface area contributed by atoms with E-state index in [1.165, 1.54) is 6.07 Å². The standard InChI is InChI=1S/C14H17F3OS/c1-13(6-3-7-19-13)12(18)9-10-4-2-5-11(8-10)14(15,16)17/h2,4-5,8,12,18H,3,6-7,9H2,1H3. The van der Waals surface area contributed by atoms with E-state index in [1.807, 2.05) is 6.92 Å². The van der Waals surface area contributed by atoms with Gasteiger partial charge in [0.05, 0.1) is 11.7 Å². The van der Waals surface area contributed by atoms with Crippen LogP contribution in [0, 0.1) is 0 Å². The van der Waals surface area contributed by atoms with Crippen LogP contribution < -0.4 is 0 Å². The Balaban J connectivity index is 2.11. The van der Waals surface area contributed by atoms with E-state index in [-0.39, 0.29) is 11.2 Å². The van der Waals surface area contributed by atoms with Crippen molar-refractivity contribution in [2.75, 3.05) is 5.75 Å². The number of thioether (sulfide) groups is 1. The van der Waals surface area contributed by atoms with E-state index in [9.17, 15) is 18.3 Å². The molecule has 1 fully saturated rings. The second-order valence-corrected chi connectivity index (χ2v) is 6.81. The van der Waals surface area contributed by atoms with Gasteiger partial charge in [-0.3, -0.25) is 0 Å². The molecule has 2 unspecified atom stereocenters. The molecule has 1 N–H and O–H groups in total. The summed E-state index contributed by atoms with van der Waals surface area (Å²) in [4.78, 5) is 0. The summed E-state index contributed by atoms with van der Waals surface area (Å²) in [6, 6.07) is 5.23. The van der Waals surface area contributed by atoms with E-state index in [2.05, 4.69) is 0 Å². The maximum Gasteiger partial charge on any atom is 0.416 e. The fourth-order valence-corrected chi connectivity index (χ4v) is 3.70. The van der Waals surface area contributed by atoms with Gasteiger partial charge in [-0.05, 0) is 43.6 Å². The first-order chi connectivity index (χ1) is 8.81. The highest BCUT2D eigenvalue weighted by atomic mass is 32.2. The molecule has 0 radical (unpaired) electrons. The van der Waals surface area contributed by atoms with Crippen molar-refractivity contribution >= 4 is 11.8 Å². The maximum absolute atomic E-state index is 12.6. The van der Waals surface area contributed by atoms with Gasteiger partial charge in [0.25, 0.3) is 0 Å². The Morgan fingerprint density at radius 2 is 2.16 bits per heavy atom. The maximum atomic E-state index is 12.6. The van der Waals surface area contributed by atoms with Gasteiger partial charge in [-0.25, -0.2) is 0 Å². The van der Waals surface area contributed by atoms with Gasteiger partial charge in [0.2, 0.25) is 0 Å². The van der Waals surface area contributed by atoms with Crippen LogP contribution in [-0.2, 0) is 12.6 Å². The molecule has 0 aliphatic carbocycles. The van der Waals surface area contributed by atoms with Gasteiger partial charge in [-0.2, -0.15) is 24.9 Å². The minimum Gasteiger partial charge on any atom is -0.391 e. The zero-order valence-electron chi connectivity index (χ0n) is 10.7. The third-order valence-corrected chi connectivity index (χ3v) is 5.27. The highest BCUT2D eigenvalue weighted by Gasteiger charge is 2.37. The molecule has 0 saturated carbocycles. The van der Waals surface area contributed by atoms with E-state index < -0.39 is 17.8 Å². The summed E-state index contributed by atoms with van der Waals surface area (Å²) in [6.45, 7) is 1.99. The van der Waals surface area contributed by atoms with Crippen LogP contribution in [0.5, 0.6) is 0 Å². The Hall–Kier alpha value is -0.680. The van der Waals surface area contributed by atoms with Crippen molar-refractivity contribution in [1.82, 2.24) is 0 Å². The second kappa shape index (κ2) is 5.37. The number of hydrogen-bond donors (Lipinski definition) is 1. The van der Waals surface area contributed by atoms with Crippen molar-refractivity contribution in [3.05, 3.63) is 35.4 Å². The molecule has 19 heavy (non-hydrogen) atoms. The number of aliphatic hydroxyl groups is 1. The van der Waals surface area contributed by atoms with E-state index in [0.29, 0.717) is 5.56 Å². The van der Waals surface area contributed by atoms with Gasteiger partial charge in [-0.1, -0.05) is 18.2 Å². The smallest absolute Gasteiger partial charge is 0.391 e. The summed E-state index contributed by atoms with van der Waals surface area (Å²) in [6.07, 6.45) is -2.69. The van der Waals surface area contributed by atoms with Crippen LogP contribution in [0.2, 0.25) is 0 Å². The van der Waals surface area contributed by atoms with E-state index in [0.717, 1.165) is 30.7 Å². The van der Waals surface area contributed by atoms with Crippen molar-refractivity contribution in [3.8, 4) is 0 Å². The first kappa shape index (κ1) is 14.7. The molecule has 1 heterocycles. The first-order valence-electron chi connectivity index (χ1n) is 6.29. The molecule has 0 bridgehead atoms. The monoisotopic (exact) mass is 290 g/mol. The molecule has 0 aromatic heterocycles. The molecule has 0 amide bonds. The molecule has 1 aliphatic heterocycles. The van der Waals surface area contributed by atoms with Crippen LogP contribution in [0.25, 0.3) is 0 Å². The molecular weight excluding hydrogens is 273 g/mol. The Labute approximate surface area is 115 Å². The minimum atomic E-state index is -4.33. The summed E-state index contributed by atoms with van der Waals surface area (Å²) in [7, 11) is 0. The average Bonchev–Trinajstić information content (AvgIpc) is 2.77. The van der Waals surface area contributed by atoms with Crippen molar-refractivity contribution in [1.29, 1.82) is 0 Å². The predicted molar refractivity (Wildman–Crippen MR) is 71.3 cm³/mol. The lowest BCUT2D eigenvalue weighted by molar-refractivity contribution is -0.137. The van der Waals surface area contributed by atoms with Gasteiger partial charge in [0, 0.05) is 4.75 Å². The third-order valence-electron chi connectivity index (χ3n) is 3.64. The van der Waals surface area contributed by atoms with Crippen molar-refractivity contribution in [3.63, 3.8) is 0 Å². The number of rotatable bonds is 3. The molecule has 1 aliphatic rings. The summed E-state index contributed by atoms with van der Waals surface area (Å²) < 4.78 is 37.6. The molecule has 106 valence electrons. The SMILES string of the molecule is CC1(C(O)Cc2cccc(C(F)(F)F)c2)CCCS1. The number of alkyl halides is 3. The number of halogens is 3. The fraction of sp³-hybridized carbons (Fsp3) is 0.571. The highest BCUT2D eigenvalue weighted by Crippen LogP contribution is 2.41. The molecule has 1 aromatic rings. The van der Waals surface area contributed by atoms with Gasteiger partial charge in [0.1, 0.15) is 0 Å². The molecular formula is C14H17F3OS. The minimum absolute atomic E-state index is 0.228. The zero-order valence-corrected chi connectivity index (χ0v) is 11.5. The summed E-state index contributed by atoms with van der Waals surface area (Å²) in [5, 5.41) is 10.3. The van der Waals surface area contributed by atoms with E-state index in [1.54, 1.807) is 17.8 Å². The normalized spacial score (nSPS) is 25.5. The van der Waals surface area contributed by atoms with Gasteiger partial charge < -0.3 is 5.11 Å². The van der Waals surface area contributed by atoms with Crippen LogP contribution in [-0.4, -0.2) is 21.7 Å². The van der Waals surface area contributed by atoms with Crippen molar-refractivity contribution in [2.24, 2.45) is 0 Å². The van der Waals surface area contributed by atoms with Gasteiger partial charge >= 0.3 is 6.18 Å². The fourth-order valence-electron chi connectivity index (χ4n) is 2.38. The Morgan fingerprint density at radius 1 is 1.42 bits per heavy atom. The Kier molecular flexibility index (Phi) is 4.16. The Bertz CT molecular complexity index is 439. The van der Waals surface area contributed by atoms with Gasteiger partial charge in [0.15, 0.2) is 0 Å². The lowest BCUT2D eigenvalue weighted by Crippen LogP contribution is -2.35. The molecule has 1 aromatic carbocycles. The van der Waals surface area contributed by atoms with Crippen LogP contribution in [0.3, 0.4) is 0 Å². The predicted octanol–water partition coefficient (Wildman–Crippen LogP) is 3.89. The van der Waals surface area contributed by atoms with Gasteiger partial charge in [-0.15, -0.1) is 0 Å². The van der Waals surface area contributed by atoms with Crippen molar-refractivity contribution < 1.29 is 18.3 Å². The molecule has 0 spiro atoms. The van der Waals surface area contributed by atoms with Crippen LogP contribution in [0.15, 0.2) is 24.3 Å². The lowest BCUT2D eigenvalue weighted by atomic mass is 9.93. The summed E-state index contributed by atoms with van der Waals surface area (Å²) in [5.74, 6) is 1.01. The molecule has 1 saturated heterocycles. The average molecular weight is 290 g/mol. The Morgan fingerprint density at radius 3 is 2.74 bits per heavy atom. The van der Waals surface area contributed by atoms with E-state index >= 15 is 0 Å². The lowest BCUT2D eigenvalue weighted by Gasteiger charge is -2.29.